The quantitative estimate of drug-likeness (QED) is 0.869. The molecule has 0 amide bonds. The molecule has 0 heterocycles. The van der Waals surface area contributed by atoms with Gasteiger partial charge in [0, 0.05) is 5.54 Å². The van der Waals surface area contributed by atoms with Crippen LogP contribution in [0.15, 0.2) is 18.2 Å². The Labute approximate surface area is 114 Å². The highest BCUT2D eigenvalue weighted by Crippen LogP contribution is 2.35. The van der Waals surface area contributed by atoms with Crippen molar-refractivity contribution < 1.29 is 8.78 Å². The van der Waals surface area contributed by atoms with E-state index in [-0.39, 0.29) is 17.2 Å². The lowest BCUT2D eigenvalue weighted by Crippen LogP contribution is -2.45. The van der Waals surface area contributed by atoms with Crippen LogP contribution < -0.4 is 5.73 Å². The molecular weight excluding hydrogens is 244 g/mol. The fourth-order valence-electron chi connectivity index (χ4n) is 3.18. The molecule has 2 N–H and O–H groups in total. The number of benzene rings is 1. The monoisotopic (exact) mass is 267 g/mol. The van der Waals surface area contributed by atoms with Crippen LogP contribution in [0.3, 0.4) is 0 Å². The van der Waals surface area contributed by atoms with Crippen molar-refractivity contribution in [3.8, 4) is 0 Å². The molecule has 1 fully saturated rings. The van der Waals surface area contributed by atoms with Gasteiger partial charge in [-0.3, -0.25) is 0 Å². The Morgan fingerprint density at radius 3 is 2.58 bits per heavy atom. The topological polar surface area (TPSA) is 26.0 Å². The van der Waals surface area contributed by atoms with Crippen molar-refractivity contribution in [1.29, 1.82) is 0 Å². The number of rotatable bonds is 4. The van der Waals surface area contributed by atoms with Crippen molar-refractivity contribution in [2.24, 2.45) is 11.7 Å². The summed E-state index contributed by atoms with van der Waals surface area (Å²) in [5, 5.41) is 0. The van der Waals surface area contributed by atoms with Gasteiger partial charge in [0.2, 0.25) is 0 Å². The summed E-state index contributed by atoms with van der Waals surface area (Å²) in [6.07, 6.45) is 6.95. The van der Waals surface area contributed by atoms with Gasteiger partial charge >= 0.3 is 0 Å². The third kappa shape index (κ3) is 3.75. The van der Waals surface area contributed by atoms with Gasteiger partial charge in [-0.1, -0.05) is 19.8 Å². The maximum Gasteiger partial charge on any atom is 0.126 e. The molecule has 3 heteroatoms. The second kappa shape index (κ2) is 6.00. The van der Waals surface area contributed by atoms with Crippen molar-refractivity contribution in [3.05, 3.63) is 35.4 Å². The van der Waals surface area contributed by atoms with Crippen molar-refractivity contribution in [2.45, 2.75) is 57.4 Å². The molecule has 0 aromatic heterocycles. The van der Waals surface area contributed by atoms with Crippen LogP contribution in [0.25, 0.3) is 0 Å². The Bertz CT molecular complexity index is 423. The van der Waals surface area contributed by atoms with E-state index in [1.807, 2.05) is 0 Å². The number of nitrogens with two attached hydrogens (primary N) is 1. The summed E-state index contributed by atoms with van der Waals surface area (Å²) < 4.78 is 26.9. The fourth-order valence-corrected chi connectivity index (χ4v) is 3.18. The van der Waals surface area contributed by atoms with Crippen LogP contribution in [-0.4, -0.2) is 5.54 Å². The predicted octanol–water partition coefficient (Wildman–Crippen LogP) is 4.20. The lowest BCUT2D eigenvalue weighted by atomic mass is 9.73. The number of hydrogen-bond acceptors (Lipinski definition) is 1. The van der Waals surface area contributed by atoms with Gasteiger partial charge in [-0.25, -0.2) is 8.78 Å². The van der Waals surface area contributed by atoms with Crippen LogP contribution in [0.5, 0.6) is 0 Å². The molecule has 1 nitrogen and oxygen atoms in total. The van der Waals surface area contributed by atoms with Gasteiger partial charge in [0.05, 0.1) is 0 Å². The van der Waals surface area contributed by atoms with Crippen molar-refractivity contribution in [3.63, 3.8) is 0 Å². The Kier molecular flexibility index (Phi) is 4.56. The van der Waals surface area contributed by atoms with E-state index in [2.05, 4.69) is 6.92 Å². The summed E-state index contributed by atoms with van der Waals surface area (Å²) in [5.74, 6) is 0.0283. The van der Waals surface area contributed by atoms with Crippen LogP contribution in [0, 0.1) is 17.6 Å². The van der Waals surface area contributed by atoms with E-state index in [0.717, 1.165) is 37.7 Å². The van der Waals surface area contributed by atoms with Crippen LogP contribution >= 0.6 is 0 Å². The Hall–Kier alpha value is -0.960. The number of halogens is 2. The van der Waals surface area contributed by atoms with E-state index >= 15 is 0 Å². The molecule has 0 unspecified atom stereocenters. The van der Waals surface area contributed by atoms with Gasteiger partial charge in [0.1, 0.15) is 11.6 Å². The van der Waals surface area contributed by atoms with Crippen LogP contribution in [-0.2, 0) is 6.42 Å². The molecule has 0 radical (unpaired) electrons. The van der Waals surface area contributed by atoms with Gasteiger partial charge in [-0.05, 0) is 61.8 Å². The highest BCUT2D eigenvalue weighted by Gasteiger charge is 2.32. The molecule has 0 atom stereocenters. The average molecular weight is 267 g/mol. The second-order valence-electron chi connectivity index (χ2n) is 6.01. The highest BCUT2D eigenvalue weighted by atomic mass is 19.1. The maximum atomic E-state index is 13.7. The normalized spacial score (nSPS) is 27.5. The summed E-state index contributed by atoms with van der Waals surface area (Å²) in [5.41, 5.74) is 6.43. The first-order valence-corrected chi connectivity index (χ1v) is 7.25. The smallest absolute Gasteiger partial charge is 0.126 e. The maximum absolute atomic E-state index is 13.7. The lowest BCUT2D eigenvalue weighted by molar-refractivity contribution is 0.222. The van der Waals surface area contributed by atoms with Gasteiger partial charge in [0.15, 0.2) is 0 Å². The number of hydrogen-bond donors (Lipinski definition) is 1. The SMILES string of the molecule is CCCC1CCC(N)(Cc2cc(F)ccc2F)CC1. The molecule has 0 saturated heterocycles. The van der Waals surface area contributed by atoms with E-state index in [9.17, 15) is 8.78 Å². The minimum atomic E-state index is -0.389. The Balaban J connectivity index is 2.00. The first-order chi connectivity index (χ1) is 9.02. The zero-order valence-electron chi connectivity index (χ0n) is 11.6. The summed E-state index contributed by atoms with van der Waals surface area (Å²) in [7, 11) is 0. The average Bonchev–Trinajstić information content (AvgIpc) is 2.37. The predicted molar refractivity (Wildman–Crippen MR) is 73.8 cm³/mol. The lowest BCUT2D eigenvalue weighted by Gasteiger charge is -2.37. The largest absolute Gasteiger partial charge is 0.325 e. The summed E-state index contributed by atoms with van der Waals surface area (Å²) in [6, 6.07) is 3.62. The second-order valence-corrected chi connectivity index (χ2v) is 6.01. The Morgan fingerprint density at radius 1 is 1.26 bits per heavy atom. The van der Waals surface area contributed by atoms with E-state index in [4.69, 9.17) is 5.73 Å². The summed E-state index contributed by atoms with van der Waals surface area (Å²) in [6.45, 7) is 2.20. The standard InChI is InChI=1S/C16H23F2N/c1-2-3-12-6-8-16(19,9-7-12)11-13-10-14(17)4-5-15(13)18/h4-5,10,12H,2-3,6-9,11,19H2,1H3. The van der Waals surface area contributed by atoms with Gasteiger partial charge in [-0.15, -0.1) is 0 Å². The highest BCUT2D eigenvalue weighted by molar-refractivity contribution is 5.21. The molecule has 19 heavy (non-hydrogen) atoms. The van der Waals surface area contributed by atoms with Gasteiger partial charge in [-0.2, -0.15) is 0 Å². The molecule has 1 aromatic rings. The van der Waals surface area contributed by atoms with E-state index in [1.54, 1.807) is 0 Å². The molecule has 0 spiro atoms. The zero-order valence-corrected chi connectivity index (χ0v) is 11.6. The van der Waals surface area contributed by atoms with Crippen molar-refractivity contribution >= 4 is 0 Å². The minimum Gasteiger partial charge on any atom is -0.325 e. The summed E-state index contributed by atoms with van der Waals surface area (Å²) in [4.78, 5) is 0. The molecule has 0 aliphatic heterocycles. The van der Waals surface area contributed by atoms with E-state index in [1.165, 1.54) is 25.0 Å². The van der Waals surface area contributed by atoms with E-state index < -0.39 is 0 Å². The molecule has 1 aromatic carbocycles. The van der Waals surface area contributed by atoms with E-state index in [0.29, 0.717) is 12.0 Å². The first kappa shape index (κ1) is 14.4. The van der Waals surface area contributed by atoms with Crippen molar-refractivity contribution in [1.82, 2.24) is 0 Å². The molecule has 1 aliphatic rings. The van der Waals surface area contributed by atoms with Crippen molar-refractivity contribution in [2.75, 3.05) is 0 Å². The molecule has 1 aliphatic carbocycles. The third-order valence-corrected chi connectivity index (χ3v) is 4.35. The third-order valence-electron chi connectivity index (χ3n) is 4.35. The molecule has 106 valence electrons. The van der Waals surface area contributed by atoms with Crippen LogP contribution in [0.2, 0.25) is 0 Å². The first-order valence-electron chi connectivity index (χ1n) is 7.25. The zero-order chi connectivity index (χ0) is 13.9. The molecule has 1 saturated carbocycles. The van der Waals surface area contributed by atoms with Crippen LogP contribution in [0.4, 0.5) is 8.78 Å². The molecule has 2 rings (SSSR count). The Morgan fingerprint density at radius 2 is 1.95 bits per heavy atom. The summed E-state index contributed by atoms with van der Waals surface area (Å²) >= 11 is 0. The fraction of sp³-hybridized carbons (Fsp3) is 0.625. The molecule has 0 bridgehead atoms. The van der Waals surface area contributed by atoms with Gasteiger partial charge in [0.25, 0.3) is 0 Å². The van der Waals surface area contributed by atoms with Crippen LogP contribution in [0.1, 0.15) is 51.0 Å². The van der Waals surface area contributed by atoms with Gasteiger partial charge < -0.3 is 5.73 Å². The molecular formula is C16H23F2N. The minimum absolute atomic E-state index is 0.345.